The van der Waals surface area contributed by atoms with Crippen LogP contribution in [0.1, 0.15) is 57.9 Å². The van der Waals surface area contributed by atoms with E-state index in [1.807, 2.05) is 86.8 Å². The summed E-state index contributed by atoms with van der Waals surface area (Å²) in [6.45, 7) is 12.1. The third-order valence-corrected chi connectivity index (χ3v) is 8.75. The van der Waals surface area contributed by atoms with Crippen LogP contribution in [0.5, 0.6) is 5.75 Å². The molecule has 0 unspecified atom stereocenters. The summed E-state index contributed by atoms with van der Waals surface area (Å²) in [6.07, 6.45) is 4.56. The van der Waals surface area contributed by atoms with E-state index in [0.717, 1.165) is 46.8 Å². The number of esters is 1. The number of nitrogens with zero attached hydrogens (tertiary/aromatic N) is 4. The van der Waals surface area contributed by atoms with Crippen LogP contribution in [0.4, 0.5) is 5.82 Å². The second-order valence-corrected chi connectivity index (χ2v) is 13.6. The molecule has 0 N–H and O–H groups in total. The average molecular weight is 645 g/mol. The van der Waals surface area contributed by atoms with Crippen molar-refractivity contribution in [3.63, 3.8) is 0 Å². The molecule has 0 amide bonds. The third-order valence-electron chi connectivity index (χ3n) is 8.51. The lowest BCUT2D eigenvalue weighted by atomic mass is 9.92. The Morgan fingerprint density at radius 1 is 1.04 bits per heavy atom. The number of anilines is 1. The summed E-state index contributed by atoms with van der Waals surface area (Å²) < 4.78 is 26.1. The first-order chi connectivity index (χ1) is 21.9. The lowest BCUT2D eigenvalue weighted by Gasteiger charge is -2.41. The molecule has 9 nitrogen and oxygen atoms in total. The Labute approximate surface area is 275 Å². The van der Waals surface area contributed by atoms with E-state index in [4.69, 9.17) is 40.6 Å². The molecule has 0 saturated carbocycles. The summed E-state index contributed by atoms with van der Waals surface area (Å²) in [6, 6.07) is 15.8. The first-order valence-electron chi connectivity index (χ1n) is 15.7. The number of hydrogen-bond acceptors (Lipinski definition) is 8. The minimum atomic E-state index is -0.995. The number of benzene rings is 2. The molecule has 6 bridgehead atoms. The lowest BCUT2D eigenvalue weighted by Crippen LogP contribution is -2.45. The van der Waals surface area contributed by atoms with Crippen molar-refractivity contribution in [3.05, 3.63) is 77.0 Å². The Bertz CT molecular complexity index is 1790. The van der Waals surface area contributed by atoms with E-state index in [1.54, 1.807) is 0 Å². The number of ether oxygens (including phenoxy) is 4. The van der Waals surface area contributed by atoms with Gasteiger partial charge >= 0.3 is 5.97 Å². The fraction of sp³-hybridized carbons (Fsp3) is 0.417. The Hall–Kier alpha value is -3.92. The second kappa shape index (κ2) is 12.7. The fourth-order valence-corrected chi connectivity index (χ4v) is 6.28. The predicted molar refractivity (Wildman–Crippen MR) is 180 cm³/mol. The van der Waals surface area contributed by atoms with Crippen molar-refractivity contribution in [2.45, 2.75) is 64.8 Å². The number of aryl methyl sites for hydroxylation is 1. The highest BCUT2D eigenvalue weighted by Crippen LogP contribution is 2.40. The molecule has 1 saturated heterocycles. The van der Waals surface area contributed by atoms with Gasteiger partial charge < -0.3 is 23.8 Å². The predicted octanol–water partition coefficient (Wildman–Crippen LogP) is 7.38. The van der Waals surface area contributed by atoms with E-state index in [-0.39, 0.29) is 5.60 Å². The Kier molecular flexibility index (Phi) is 8.85. The lowest BCUT2D eigenvalue weighted by molar-refractivity contribution is -0.164. The highest BCUT2D eigenvalue weighted by molar-refractivity contribution is 6.31. The van der Waals surface area contributed by atoms with Crippen LogP contribution < -0.4 is 9.64 Å². The number of fused-ring (bicyclic) bond motifs is 6. The molecule has 0 aliphatic carbocycles. The fourth-order valence-electron chi connectivity index (χ4n) is 6.11. The van der Waals surface area contributed by atoms with Crippen molar-refractivity contribution in [1.29, 1.82) is 0 Å². The number of carbonyl (C=O) groups is 1. The van der Waals surface area contributed by atoms with E-state index in [9.17, 15) is 4.79 Å². The third kappa shape index (κ3) is 6.63. The Morgan fingerprint density at radius 3 is 2.52 bits per heavy atom. The zero-order valence-corrected chi connectivity index (χ0v) is 28.1. The van der Waals surface area contributed by atoms with Crippen LogP contribution in [0, 0.1) is 6.92 Å². The molecule has 46 heavy (non-hydrogen) atoms. The van der Waals surface area contributed by atoms with Crippen molar-refractivity contribution >= 4 is 29.0 Å². The standard InChI is InChI=1S/C36H41ClN4O5/c1-23-31(32(34(42)43-6)46-35(2,3)4)33-40-16-14-36(5,15-17-40)45-19-8-7-18-44-29-13-12-26(37)21-27(29)24-10-9-11-25(20-24)28-22-30(38-23)41(33)39-28/h7-13,20-22,32H,14-19H2,1-6H3/t32-/m0/s1. The number of methoxy groups -OCH3 is 1. The molecule has 242 valence electrons. The number of aromatic nitrogens is 3. The quantitative estimate of drug-likeness (QED) is 0.169. The van der Waals surface area contributed by atoms with Crippen molar-refractivity contribution < 1.29 is 23.7 Å². The summed E-state index contributed by atoms with van der Waals surface area (Å²) in [5, 5.41) is 5.74. The SMILES string of the molecule is COC(=O)[C@@H](OC(C)(C)C)c1c(C)nc2cc3nn2c1N1CCC(C)(CC1)OCC=CCOc1ccc(Cl)cc1-c1cccc-3c1. The largest absolute Gasteiger partial charge is 0.489 e. The van der Waals surface area contributed by atoms with Crippen LogP contribution in [0.25, 0.3) is 28.0 Å². The molecule has 10 heteroatoms. The minimum absolute atomic E-state index is 0.312. The van der Waals surface area contributed by atoms with Crippen LogP contribution in [0.3, 0.4) is 0 Å². The first kappa shape index (κ1) is 32.0. The topological polar surface area (TPSA) is 87.4 Å². The molecular formula is C36H41ClN4O5. The van der Waals surface area contributed by atoms with Gasteiger partial charge in [-0.1, -0.05) is 35.9 Å². The van der Waals surface area contributed by atoms with Gasteiger partial charge in [-0.15, -0.1) is 0 Å². The maximum absolute atomic E-state index is 13.3. The summed E-state index contributed by atoms with van der Waals surface area (Å²) in [5.74, 6) is 1.02. The van der Waals surface area contributed by atoms with Crippen molar-refractivity contribution in [2.24, 2.45) is 0 Å². The van der Waals surface area contributed by atoms with Gasteiger partial charge in [0, 0.05) is 41.0 Å². The first-order valence-corrected chi connectivity index (χ1v) is 16.1. The average Bonchev–Trinajstić information content (AvgIpc) is 3.44. The highest BCUT2D eigenvalue weighted by Gasteiger charge is 2.38. The summed E-state index contributed by atoms with van der Waals surface area (Å²) in [7, 11) is 1.38. The number of piperidine rings is 1. The molecule has 3 aliphatic heterocycles. The molecule has 5 heterocycles. The maximum atomic E-state index is 13.3. The van der Waals surface area contributed by atoms with E-state index in [2.05, 4.69) is 17.9 Å². The molecule has 7 rings (SSSR count). The van der Waals surface area contributed by atoms with Gasteiger partial charge in [0.15, 0.2) is 11.8 Å². The van der Waals surface area contributed by atoms with Crippen LogP contribution in [-0.4, -0.2) is 65.2 Å². The van der Waals surface area contributed by atoms with Crippen LogP contribution in [0.15, 0.2) is 60.7 Å². The Morgan fingerprint density at radius 2 is 1.78 bits per heavy atom. The van der Waals surface area contributed by atoms with Gasteiger partial charge in [-0.3, -0.25) is 0 Å². The second-order valence-electron chi connectivity index (χ2n) is 13.1. The normalized spacial score (nSPS) is 17.2. The van der Waals surface area contributed by atoms with E-state index < -0.39 is 17.7 Å². The van der Waals surface area contributed by atoms with Crippen LogP contribution in [-0.2, 0) is 19.0 Å². The molecule has 1 atom stereocenters. The number of rotatable bonds is 3. The van der Waals surface area contributed by atoms with Crippen molar-refractivity contribution in [1.82, 2.24) is 14.6 Å². The number of hydrogen-bond donors (Lipinski definition) is 0. The summed E-state index contributed by atoms with van der Waals surface area (Å²) in [4.78, 5) is 20.6. The number of carbonyl (C=O) groups excluding carboxylic acids is 1. The molecule has 0 radical (unpaired) electrons. The van der Waals surface area contributed by atoms with Crippen molar-refractivity contribution in [3.8, 4) is 28.1 Å². The van der Waals surface area contributed by atoms with Gasteiger partial charge in [-0.05, 0) is 83.4 Å². The molecular weight excluding hydrogens is 604 g/mol. The summed E-state index contributed by atoms with van der Waals surface area (Å²) in [5.41, 5.74) is 4.55. The van der Waals surface area contributed by atoms with Gasteiger partial charge in [0.05, 0.1) is 36.2 Å². The van der Waals surface area contributed by atoms with Crippen molar-refractivity contribution in [2.75, 3.05) is 38.3 Å². The van der Waals surface area contributed by atoms with Crippen LogP contribution in [0.2, 0.25) is 5.02 Å². The zero-order chi connectivity index (χ0) is 32.6. The molecule has 2 aromatic carbocycles. The minimum Gasteiger partial charge on any atom is -0.489 e. The molecule has 3 aliphatic rings. The van der Waals surface area contributed by atoms with E-state index >= 15 is 0 Å². The molecule has 0 spiro atoms. The molecule has 1 fully saturated rings. The smallest absolute Gasteiger partial charge is 0.339 e. The van der Waals surface area contributed by atoms with Gasteiger partial charge in [-0.2, -0.15) is 9.61 Å². The molecule has 4 aromatic rings. The van der Waals surface area contributed by atoms with Gasteiger partial charge in [0.25, 0.3) is 0 Å². The highest BCUT2D eigenvalue weighted by atomic mass is 35.5. The van der Waals surface area contributed by atoms with E-state index in [1.165, 1.54) is 7.11 Å². The Balaban J connectivity index is 1.56. The van der Waals surface area contributed by atoms with Gasteiger partial charge in [0.1, 0.15) is 18.2 Å². The van der Waals surface area contributed by atoms with Gasteiger partial charge in [0.2, 0.25) is 0 Å². The molecule has 2 aromatic heterocycles. The monoisotopic (exact) mass is 644 g/mol. The maximum Gasteiger partial charge on any atom is 0.339 e. The number of halogens is 1. The summed E-state index contributed by atoms with van der Waals surface area (Å²) >= 11 is 6.45. The van der Waals surface area contributed by atoms with Crippen LogP contribution >= 0.6 is 11.6 Å². The van der Waals surface area contributed by atoms with E-state index in [0.29, 0.717) is 48.2 Å². The van der Waals surface area contributed by atoms with Gasteiger partial charge in [-0.25, -0.2) is 9.78 Å². The zero-order valence-electron chi connectivity index (χ0n) is 27.3.